The maximum atomic E-state index is 11.2. The second-order valence-electron chi connectivity index (χ2n) is 2.91. The lowest BCUT2D eigenvalue weighted by Crippen LogP contribution is -2.29. The fraction of sp³-hybridized carbons (Fsp3) is 0.222. The van der Waals surface area contributed by atoms with Crippen LogP contribution in [0.3, 0.4) is 0 Å². The van der Waals surface area contributed by atoms with Gasteiger partial charge in [-0.1, -0.05) is 23.2 Å². The monoisotopic (exact) mass is 233 g/mol. The quantitative estimate of drug-likeness (QED) is 0.685. The third-order valence-electron chi connectivity index (χ3n) is 1.97. The molecule has 1 aromatic carbocycles. The van der Waals surface area contributed by atoms with E-state index in [-0.39, 0.29) is 5.25 Å². The molecule has 0 aromatic heterocycles. The number of rotatable bonds is 1. The molecule has 1 aliphatic rings. The number of benzene rings is 1. The summed E-state index contributed by atoms with van der Waals surface area (Å²) >= 11 is 10.9. The molecule has 2 rings (SSSR count). The molecule has 1 radical (unpaired) electrons. The van der Waals surface area contributed by atoms with Gasteiger partial charge in [-0.15, -0.1) is 0 Å². The lowest BCUT2D eigenvalue weighted by atomic mass is 10.1. The van der Waals surface area contributed by atoms with E-state index in [1.165, 1.54) is 0 Å². The summed E-state index contributed by atoms with van der Waals surface area (Å²) in [5.41, 5.74) is 0.946. The molecule has 1 saturated heterocycles. The Labute approximate surface area is 90.2 Å². The third kappa shape index (κ3) is 1.96. The van der Waals surface area contributed by atoms with E-state index in [1.54, 1.807) is 6.07 Å². The van der Waals surface area contributed by atoms with Crippen molar-refractivity contribution in [3.63, 3.8) is 0 Å². The fourth-order valence-corrected chi connectivity index (χ4v) is 2.82. The minimum atomic E-state index is -0.770. The lowest BCUT2D eigenvalue weighted by molar-refractivity contribution is 0.576. The Hall–Kier alpha value is 0.110. The van der Waals surface area contributed by atoms with Crippen molar-refractivity contribution in [2.45, 2.75) is 5.25 Å². The van der Waals surface area contributed by atoms with Gasteiger partial charge in [-0.05, 0) is 29.4 Å². The molecule has 0 amide bonds. The van der Waals surface area contributed by atoms with E-state index >= 15 is 0 Å². The zero-order valence-corrected chi connectivity index (χ0v) is 8.99. The highest BCUT2D eigenvalue weighted by Crippen LogP contribution is 2.37. The average molecular weight is 234 g/mol. The van der Waals surface area contributed by atoms with Gasteiger partial charge >= 0.3 is 0 Å². The van der Waals surface area contributed by atoms with Crippen molar-refractivity contribution < 1.29 is 4.55 Å². The molecule has 1 aliphatic heterocycles. The van der Waals surface area contributed by atoms with Crippen LogP contribution in [0.1, 0.15) is 10.8 Å². The summed E-state index contributed by atoms with van der Waals surface area (Å²) in [6, 6.07) is 5.30. The second kappa shape index (κ2) is 3.70. The largest absolute Gasteiger partial charge is 0.616 e. The van der Waals surface area contributed by atoms with E-state index in [2.05, 4.69) is 0 Å². The molecular formula is C9H7Cl2OS. The molecular weight excluding hydrogens is 227 g/mol. The topological polar surface area (TPSA) is 23.1 Å². The zero-order chi connectivity index (χ0) is 9.42. The zero-order valence-electron chi connectivity index (χ0n) is 6.67. The van der Waals surface area contributed by atoms with E-state index in [4.69, 9.17) is 23.2 Å². The Bertz CT molecular complexity index is 309. The van der Waals surface area contributed by atoms with Gasteiger partial charge in [0.1, 0.15) is 11.0 Å². The SMILES string of the molecule is [O-][S+]1C[CH]C1c1cc(Cl)cc(Cl)c1. The maximum Gasteiger partial charge on any atom is 0.148 e. The summed E-state index contributed by atoms with van der Waals surface area (Å²) in [7, 11) is 0. The van der Waals surface area contributed by atoms with Crippen LogP contribution < -0.4 is 0 Å². The van der Waals surface area contributed by atoms with Crippen LogP contribution in [0.2, 0.25) is 10.0 Å². The van der Waals surface area contributed by atoms with Crippen molar-refractivity contribution in [1.29, 1.82) is 0 Å². The van der Waals surface area contributed by atoms with Crippen LogP contribution in [0.15, 0.2) is 18.2 Å². The first kappa shape index (κ1) is 9.66. The predicted octanol–water partition coefficient (Wildman–Crippen LogP) is 3.00. The summed E-state index contributed by atoms with van der Waals surface area (Å²) in [6.07, 6.45) is 2.01. The van der Waals surface area contributed by atoms with Crippen molar-refractivity contribution >= 4 is 34.4 Å². The van der Waals surface area contributed by atoms with Crippen LogP contribution >= 0.6 is 23.2 Å². The molecule has 0 aliphatic carbocycles. The normalized spacial score (nSPS) is 27.0. The first-order valence-electron chi connectivity index (χ1n) is 3.83. The molecule has 4 heteroatoms. The molecule has 13 heavy (non-hydrogen) atoms. The smallest absolute Gasteiger partial charge is 0.148 e. The maximum absolute atomic E-state index is 11.2. The van der Waals surface area contributed by atoms with Gasteiger partial charge in [0, 0.05) is 15.6 Å². The van der Waals surface area contributed by atoms with Gasteiger partial charge in [0.2, 0.25) is 0 Å². The van der Waals surface area contributed by atoms with Crippen molar-refractivity contribution in [3.8, 4) is 0 Å². The Morgan fingerprint density at radius 3 is 2.23 bits per heavy atom. The Kier molecular flexibility index (Phi) is 2.75. The van der Waals surface area contributed by atoms with Crippen molar-refractivity contribution in [2.24, 2.45) is 0 Å². The average Bonchev–Trinajstić information content (AvgIpc) is 1.99. The molecule has 1 aromatic rings. The van der Waals surface area contributed by atoms with Gasteiger partial charge in [-0.2, -0.15) is 0 Å². The number of hydrogen-bond acceptors (Lipinski definition) is 1. The van der Waals surface area contributed by atoms with Gasteiger partial charge in [-0.25, -0.2) is 0 Å². The molecule has 69 valence electrons. The van der Waals surface area contributed by atoms with Gasteiger partial charge in [-0.3, -0.25) is 0 Å². The summed E-state index contributed by atoms with van der Waals surface area (Å²) < 4.78 is 11.2. The lowest BCUT2D eigenvalue weighted by Gasteiger charge is -2.29. The highest BCUT2D eigenvalue weighted by atomic mass is 35.5. The van der Waals surface area contributed by atoms with Gasteiger partial charge in [0.15, 0.2) is 0 Å². The van der Waals surface area contributed by atoms with E-state index in [0.717, 1.165) is 5.56 Å². The summed E-state index contributed by atoms with van der Waals surface area (Å²) in [5.74, 6) is 0.675. The Morgan fingerprint density at radius 2 is 1.85 bits per heavy atom. The Morgan fingerprint density at radius 1 is 1.23 bits per heavy atom. The molecule has 1 nitrogen and oxygen atoms in total. The highest BCUT2D eigenvalue weighted by Gasteiger charge is 2.35. The third-order valence-corrected chi connectivity index (χ3v) is 3.96. The molecule has 2 unspecified atom stereocenters. The van der Waals surface area contributed by atoms with E-state index in [0.29, 0.717) is 15.8 Å². The van der Waals surface area contributed by atoms with Crippen molar-refractivity contribution in [3.05, 3.63) is 40.2 Å². The number of hydrogen-bond donors (Lipinski definition) is 0. The number of halogens is 2. The molecule has 1 heterocycles. The van der Waals surface area contributed by atoms with Crippen LogP contribution in [0.25, 0.3) is 0 Å². The van der Waals surface area contributed by atoms with Crippen molar-refractivity contribution in [1.82, 2.24) is 0 Å². The van der Waals surface area contributed by atoms with Crippen LogP contribution in [0, 0.1) is 6.42 Å². The molecule has 1 fully saturated rings. The predicted molar refractivity (Wildman–Crippen MR) is 56.5 cm³/mol. The van der Waals surface area contributed by atoms with Gasteiger partial charge in [0.05, 0.1) is 6.42 Å². The standard InChI is InChI=1S/C9H7Cl2OS/c10-7-3-6(4-8(11)5-7)9-1-2-13(9)12/h1,3-5,9H,2H2. The first-order valence-corrected chi connectivity index (χ1v) is 5.97. The second-order valence-corrected chi connectivity index (χ2v) is 5.38. The summed E-state index contributed by atoms with van der Waals surface area (Å²) in [6.45, 7) is 0. The van der Waals surface area contributed by atoms with Crippen LogP contribution in [-0.2, 0) is 11.2 Å². The molecule has 0 saturated carbocycles. The first-order chi connectivity index (χ1) is 6.16. The van der Waals surface area contributed by atoms with E-state index in [1.807, 2.05) is 18.6 Å². The van der Waals surface area contributed by atoms with Crippen LogP contribution in [0.5, 0.6) is 0 Å². The minimum Gasteiger partial charge on any atom is -0.616 e. The molecule has 0 N–H and O–H groups in total. The van der Waals surface area contributed by atoms with Crippen LogP contribution in [-0.4, -0.2) is 10.3 Å². The fourth-order valence-electron chi connectivity index (χ4n) is 1.30. The molecule has 0 bridgehead atoms. The Balaban J connectivity index is 2.29. The van der Waals surface area contributed by atoms with E-state index < -0.39 is 11.2 Å². The molecule has 0 spiro atoms. The summed E-state index contributed by atoms with van der Waals surface area (Å²) in [5, 5.41) is 1.22. The van der Waals surface area contributed by atoms with Crippen molar-refractivity contribution in [2.75, 3.05) is 5.75 Å². The van der Waals surface area contributed by atoms with E-state index in [9.17, 15) is 4.55 Å². The van der Waals surface area contributed by atoms with Crippen LogP contribution in [0.4, 0.5) is 0 Å². The molecule has 2 atom stereocenters. The summed E-state index contributed by atoms with van der Waals surface area (Å²) in [4.78, 5) is 0. The minimum absolute atomic E-state index is 0.0243. The highest BCUT2D eigenvalue weighted by molar-refractivity contribution is 7.93. The van der Waals surface area contributed by atoms with Gasteiger partial charge < -0.3 is 4.55 Å². The van der Waals surface area contributed by atoms with Gasteiger partial charge in [0.25, 0.3) is 0 Å².